The fourth-order valence-corrected chi connectivity index (χ4v) is 2.55. The fraction of sp³-hybridized carbons (Fsp3) is 0.235. The Morgan fingerprint density at radius 3 is 2.30 bits per heavy atom. The molecule has 0 aliphatic heterocycles. The van der Waals surface area contributed by atoms with Gasteiger partial charge in [-0.3, -0.25) is 4.79 Å². The van der Waals surface area contributed by atoms with E-state index in [0.717, 1.165) is 11.1 Å². The molecule has 0 saturated heterocycles. The summed E-state index contributed by atoms with van der Waals surface area (Å²) in [5.74, 6) is 0.132. The van der Waals surface area contributed by atoms with Crippen LogP contribution >= 0.6 is 23.2 Å². The van der Waals surface area contributed by atoms with Gasteiger partial charge in [-0.05, 0) is 37.1 Å². The third-order valence-electron chi connectivity index (χ3n) is 3.56. The summed E-state index contributed by atoms with van der Waals surface area (Å²) in [5.41, 5.74) is 1.28. The summed E-state index contributed by atoms with van der Waals surface area (Å²) in [4.78, 5) is 12.6. The Labute approximate surface area is 129 Å². The van der Waals surface area contributed by atoms with Crippen molar-refractivity contribution in [2.75, 3.05) is 0 Å². The normalized spacial score (nSPS) is 11.4. The Kier molecular flexibility index (Phi) is 4.52. The first-order valence-electron chi connectivity index (χ1n) is 6.44. The van der Waals surface area contributed by atoms with Crippen molar-refractivity contribution in [2.24, 2.45) is 0 Å². The van der Waals surface area contributed by atoms with Gasteiger partial charge in [-0.15, -0.1) is 0 Å². The van der Waals surface area contributed by atoms with Crippen molar-refractivity contribution in [3.8, 4) is 0 Å². The minimum Gasteiger partial charge on any atom is -0.298 e. The summed E-state index contributed by atoms with van der Waals surface area (Å²) in [6.45, 7) is 3.88. The number of rotatable bonds is 4. The first-order valence-corrected chi connectivity index (χ1v) is 7.19. The summed E-state index contributed by atoms with van der Waals surface area (Å²) < 4.78 is 0. The lowest BCUT2D eigenvalue weighted by Crippen LogP contribution is -2.30. The summed E-state index contributed by atoms with van der Waals surface area (Å²) in [7, 11) is 0. The Hall–Kier alpha value is -1.31. The molecule has 0 N–H and O–H groups in total. The van der Waals surface area contributed by atoms with Crippen molar-refractivity contribution in [3.63, 3.8) is 0 Å². The van der Waals surface area contributed by atoms with Crippen LogP contribution in [0.3, 0.4) is 0 Å². The lowest BCUT2D eigenvalue weighted by atomic mass is 9.78. The van der Waals surface area contributed by atoms with Gasteiger partial charge in [0.25, 0.3) is 0 Å². The van der Waals surface area contributed by atoms with E-state index in [1.165, 1.54) is 0 Å². The number of ketones is 1. The van der Waals surface area contributed by atoms with Gasteiger partial charge in [0.2, 0.25) is 0 Å². The molecule has 0 aliphatic carbocycles. The van der Waals surface area contributed by atoms with Gasteiger partial charge in [-0.1, -0.05) is 59.6 Å². The third kappa shape index (κ3) is 3.23. The molecule has 0 fully saturated rings. The number of carbonyl (C=O) groups excluding carboxylic acids is 1. The van der Waals surface area contributed by atoms with Crippen LogP contribution in [-0.2, 0) is 16.6 Å². The van der Waals surface area contributed by atoms with Gasteiger partial charge < -0.3 is 0 Å². The quantitative estimate of drug-likeness (QED) is 0.769. The van der Waals surface area contributed by atoms with Gasteiger partial charge in [-0.2, -0.15) is 0 Å². The Morgan fingerprint density at radius 1 is 1.05 bits per heavy atom. The van der Waals surface area contributed by atoms with Crippen LogP contribution in [0.25, 0.3) is 0 Å². The molecule has 2 aromatic carbocycles. The summed E-state index contributed by atoms with van der Waals surface area (Å²) >= 11 is 12.0. The van der Waals surface area contributed by atoms with Gasteiger partial charge in [0.1, 0.15) is 5.78 Å². The molecule has 0 unspecified atom stereocenters. The van der Waals surface area contributed by atoms with Crippen LogP contribution in [0.5, 0.6) is 0 Å². The highest BCUT2D eigenvalue weighted by Crippen LogP contribution is 2.28. The number of halogens is 2. The molecule has 2 aromatic rings. The van der Waals surface area contributed by atoms with E-state index in [2.05, 4.69) is 0 Å². The lowest BCUT2D eigenvalue weighted by molar-refractivity contribution is -0.122. The molecule has 0 amide bonds. The molecule has 2 rings (SSSR count). The fourth-order valence-electron chi connectivity index (χ4n) is 2.07. The monoisotopic (exact) mass is 306 g/mol. The zero-order valence-corrected chi connectivity index (χ0v) is 13.0. The number of hydrogen-bond acceptors (Lipinski definition) is 1. The van der Waals surface area contributed by atoms with Crippen molar-refractivity contribution in [1.29, 1.82) is 0 Å². The molecule has 1 nitrogen and oxygen atoms in total. The second-order valence-corrected chi connectivity index (χ2v) is 6.17. The lowest BCUT2D eigenvalue weighted by Gasteiger charge is -2.24. The smallest absolute Gasteiger partial charge is 0.147 e. The minimum atomic E-state index is -0.537. The SMILES string of the molecule is CC(C)(C(=O)Cc1ccc(Cl)cc1Cl)c1ccccc1. The molecular weight excluding hydrogens is 291 g/mol. The van der Waals surface area contributed by atoms with E-state index in [-0.39, 0.29) is 5.78 Å². The maximum Gasteiger partial charge on any atom is 0.147 e. The number of hydrogen-bond donors (Lipinski definition) is 0. The molecule has 0 aromatic heterocycles. The van der Waals surface area contributed by atoms with Gasteiger partial charge in [0, 0.05) is 21.9 Å². The summed E-state index contributed by atoms with van der Waals surface area (Å²) in [5, 5.41) is 1.11. The topological polar surface area (TPSA) is 17.1 Å². The molecule has 3 heteroatoms. The predicted molar refractivity (Wildman–Crippen MR) is 84.6 cm³/mol. The molecule has 0 radical (unpaired) electrons. The van der Waals surface area contributed by atoms with Crippen LogP contribution in [0.15, 0.2) is 48.5 Å². The highest BCUT2D eigenvalue weighted by atomic mass is 35.5. The highest BCUT2D eigenvalue weighted by Gasteiger charge is 2.29. The van der Waals surface area contributed by atoms with Crippen molar-refractivity contribution >= 4 is 29.0 Å². The van der Waals surface area contributed by atoms with E-state index in [9.17, 15) is 4.79 Å². The first-order chi connectivity index (χ1) is 9.41. The maximum absolute atomic E-state index is 12.6. The Bertz CT molecular complexity index is 618. The van der Waals surface area contributed by atoms with E-state index in [1.807, 2.05) is 50.2 Å². The van der Waals surface area contributed by atoms with E-state index in [4.69, 9.17) is 23.2 Å². The van der Waals surface area contributed by atoms with Gasteiger partial charge in [0.15, 0.2) is 0 Å². The van der Waals surface area contributed by atoms with Gasteiger partial charge in [-0.25, -0.2) is 0 Å². The molecule has 0 saturated carbocycles. The molecule has 0 spiro atoms. The van der Waals surface area contributed by atoms with Crippen LogP contribution in [0.4, 0.5) is 0 Å². The van der Waals surface area contributed by atoms with Crippen molar-refractivity contribution in [1.82, 2.24) is 0 Å². The summed E-state index contributed by atoms with van der Waals surface area (Å²) in [6.07, 6.45) is 0.303. The molecule has 20 heavy (non-hydrogen) atoms. The molecule has 0 aliphatic rings. The largest absolute Gasteiger partial charge is 0.298 e. The predicted octanol–water partition coefficient (Wildman–Crippen LogP) is 5.08. The van der Waals surface area contributed by atoms with Gasteiger partial charge in [0.05, 0.1) is 0 Å². The van der Waals surface area contributed by atoms with E-state index in [0.29, 0.717) is 16.5 Å². The number of Topliss-reactive ketones (excluding diaryl/α,β-unsaturated/α-hetero) is 1. The Morgan fingerprint density at radius 2 is 1.70 bits per heavy atom. The van der Waals surface area contributed by atoms with Crippen LogP contribution in [0.1, 0.15) is 25.0 Å². The van der Waals surface area contributed by atoms with Crippen LogP contribution < -0.4 is 0 Å². The van der Waals surface area contributed by atoms with Crippen molar-refractivity contribution < 1.29 is 4.79 Å². The average Bonchev–Trinajstić information content (AvgIpc) is 2.42. The minimum absolute atomic E-state index is 0.132. The zero-order valence-electron chi connectivity index (χ0n) is 11.5. The third-order valence-corrected chi connectivity index (χ3v) is 4.15. The van der Waals surface area contributed by atoms with Crippen LogP contribution in [-0.4, -0.2) is 5.78 Å². The Balaban J connectivity index is 2.23. The molecule has 104 valence electrons. The standard InChI is InChI=1S/C17H16Cl2O/c1-17(2,13-6-4-3-5-7-13)16(20)10-12-8-9-14(18)11-15(12)19/h3-9,11H,10H2,1-2H3. The molecular formula is C17H16Cl2O. The van der Waals surface area contributed by atoms with Crippen molar-refractivity contribution in [3.05, 3.63) is 69.7 Å². The molecule has 0 bridgehead atoms. The zero-order chi connectivity index (χ0) is 14.8. The molecule has 0 atom stereocenters. The van der Waals surface area contributed by atoms with Crippen LogP contribution in [0, 0.1) is 0 Å². The first kappa shape index (κ1) is 15.1. The second-order valence-electron chi connectivity index (χ2n) is 5.33. The van der Waals surface area contributed by atoms with Crippen LogP contribution in [0.2, 0.25) is 10.0 Å². The summed E-state index contributed by atoms with van der Waals surface area (Å²) in [6, 6.07) is 15.0. The van der Waals surface area contributed by atoms with E-state index in [1.54, 1.807) is 12.1 Å². The highest BCUT2D eigenvalue weighted by molar-refractivity contribution is 6.35. The number of carbonyl (C=O) groups is 1. The van der Waals surface area contributed by atoms with E-state index >= 15 is 0 Å². The maximum atomic E-state index is 12.6. The van der Waals surface area contributed by atoms with Crippen molar-refractivity contribution in [2.45, 2.75) is 25.7 Å². The molecule has 0 heterocycles. The van der Waals surface area contributed by atoms with E-state index < -0.39 is 5.41 Å². The number of benzene rings is 2. The van der Waals surface area contributed by atoms with Gasteiger partial charge >= 0.3 is 0 Å². The average molecular weight is 307 g/mol. The second kappa shape index (κ2) is 5.99.